The summed E-state index contributed by atoms with van der Waals surface area (Å²) in [6.45, 7) is 6.82. The lowest BCUT2D eigenvalue weighted by atomic mass is 9.88. The fraction of sp³-hybridized carbons (Fsp3) is 0.379. The summed E-state index contributed by atoms with van der Waals surface area (Å²) in [5.41, 5.74) is 2.17. The summed E-state index contributed by atoms with van der Waals surface area (Å²) >= 11 is 6.24. The molecule has 212 valence electrons. The summed E-state index contributed by atoms with van der Waals surface area (Å²) in [6, 6.07) is 14.6. The van der Waals surface area contributed by atoms with Gasteiger partial charge in [-0.2, -0.15) is 0 Å². The van der Waals surface area contributed by atoms with Gasteiger partial charge in [-0.05, 0) is 64.6 Å². The Kier molecular flexibility index (Phi) is 9.57. The molecule has 2 heterocycles. The van der Waals surface area contributed by atoms with Crippen LogP contribution < -0.4 is 20.7 Å². The van der Waals surface area contributed by atoms with Gasteiger partial charge in [0.1, 0.15) is 11.4 Å². The topological polar surface area (TPSA) is 126 Å². The smallest absolute Gasteiger partial charge is 0.365 e. The summed E-state index contributed by atoms with van der Waals surface area (Å²) < 4.78 is 12.0. The van der Waals surface area contributed by atoms with Crippen molar-refractivity contribution in [1.29, 1.82) is 0 Å². The number of primary amides is 1. The number of ether oxygens (including phenoxy) is 1. The lowest BCUT2D eigenvalue weighted by molar-refractivity contribution is -0.479. The van der Waals surface area contributed by atoms with Crippen molar-refractivity contribution < 1.29 is 24.1 Å². The zero-order chi connectivity index (χ0) is 28.8. The van der Waals surface area contributed by atoms with Gasteiger partial charge in [0, 0.05) is 30.9 Å². The molecule has 1 aliphatic rings. The standard InChI is InChI=1S/C29H35ClN6O4/c1-17(2)39-24-12-11-21(30)14-23(24)29-35-34-28(40-29)20-13-19(15-36(5)16-20)26(37)33-25(18(3)31-4)27(38)32-22-9-7-6-8-10-22/h6-12,14,17,19-20,31H,13,15-16H2,1-5H3,(H,32,38)(H,33,37)/p+1/b25-18+/t19-,20+/m0/s1. The Morgan fingerprint density at radius 1 is 1.15 bits per heavy atom. The van der Waals surface area contributed by atoms with Gasteiger partial charge in [-0.25, -0.2) is 10.1 Å². The summed E-state index contributed by atoms with van der Waals surface area (Å²) in [4.78, 5) is 28.6. The van der Waals surface area contributed by atoms with Gasteiger partial charge in [0.2, 0.25) is 11.8 Å². The predicted octanol–water partition coefficient (Wildman–Crippen LogP) is 3.20. The fourth-order valence-corrected chi connectivity index (χ4v) is 4.86. The number of aromatic nitrogens is 2. The zero-order valence-corrected chi connectivity index (χ0v) is 24.2. The largest absolute Gasteiger partial charge is 0.490 e. The van der Waals surface area contributed by atoms with Crippen LogP contribution >= 0.6 is 11.6 Å². The number of carbonyl (C=O) groups excluding carboxylic acids is 2. The number of benzene rings is 2. The Labute approximate surface area is 239 Å². The number of para-hydroxylation sites is 1. The fourth-order valence-electron chi connectivity index (χ4n) is 4.69. The van der Waals surface area contributed by atoms with E-state index < -0.39 is 5.92 Å². The summed E-state index contributed by atoms with van der Waals surface area (Å²) in [5.74, 6) is 0.254. The van der Waals surface area contributed by atoms with Gasteiger partial charge in [0.25, 0.3) is 5.89 Å². The molecule has 1 aliphatic heterocycles. The van der Waals surface area contributed by atoms with Gasteiger partial charge in [-0.1, -0.05) is 29.8 Å². The second-order valence-corrected chi connectivity index (χ2v) is 10.7. The number of hydrogen-bond donors (Lipinski definition) is 3. The number of carbonyl (C=O) groups is 2. The third-order valence-electron chi connectivity index (χ3n) is 6.67. The SMILES string of the molecule is CN/C(C)=C(/NC(=O)[C@H]1C[C@@H](c2nnc(-c3cc(Cl)ccc3OC(C)C)o2)CN(C)C1)C(=O)[NH2+]c1ccccc1. The van der Waals surface area contributed by atoms with Gasteiger partial charge in [0.15, 0.2) is 5.70 Å². The molecule has 1 fully saturated rings. The number of piperidine rings is 1. The highest BCUT2D eigenvalue weighted by molar-refractivity contribution is 6.30. The lowest BCUT2D eigenvalue weighted by Gasteiger charge is -2.33. The summed E-state index contributed by atoms with van der Waals surface area (Å²) in [6.07, 6.45) is 0.446. The number of hydrogen-bond acceptors (Lipinski definition) is 8. The van der Waals surface area contributed by atoms with Gasteiger partial charge in [-0.15, -0.1) is 10.2 Å². The molecule has 40 heavy (non-hydrogen) atoms. The molecule has 2 atom stereocenters. The molecular weight excluding hydrogens is 532 g/mol. The van der Waals surface area contributed by atoms with E-state index in [0.29, 0.717) is 53.3 Å². The minimum atomic E-state index is -0.394. The monoisotopic (exact) mass is 567 g/mol. The van der Waals surface area contributed by atoms with Crippen molar-refractivity contribution in [2.45, 2.75) is 39.2 Å². The van der Waals surface area contributed by atoms with Crippen molar-refractivity contribution in [3.05, 3.63) is 70.8 Å². The molecule has 11 heteroatoms. The first-order valence-electron chi connectivity index (χ1n) is 13.3. The number of halogens is 1. The molecule has 3 aromatic rings. The van der Waals surface area contributed by atoms with E-state index in [9.17, 15) is 9.59 Å². The number of nitrogens with two attached hydrogens (primary N) is 1. The number of nitrogens with zero attached hydrogens (tertiary/aromatic N) is 3. The number of nitrogens with one attached hydrogen (secondary N) is 2. The second-order valence-electron chi connectivity index (χ2n) is 10.3. The van der Waals surface area contributed by atoms with Crippen LogP contribution in [0.2, 0.25) is 5.02 Å². The van der Waals surface area contributed by atoms with E-state index >= 15 is 0 Å². The van der Waals surface area contributed by atoms with E-state index in [0.717, 1.165) is 5.69 Å². The maximum absolute atomic E-state index is 13.5. The van der Waals surface area contributed by atoms with Crippen LogP contribution in [0.25, 0.3) is 11.5 Å². The number of rotatable bonds is 9. The molecule has 1 aromatic heterocycles. The Hall–Kier alpha value is -3.73. The van der Waals surface area contributed by atoms with Crippen molar-refractivity contribution in [3.8, 4) is 17.2 Å². The highest BCUT2D eigenvalue weighted by Crippen LogP contribution is 2.35. The van der Waals surface area contributed by atoms with Crippen LogP contribution in [0.1, 0.15) is 39.0 Å². The Morgan fingerprint density at radius 3 is 2.60 bits per heavy atom. The van der Waals surface area contributed by atoms with Gasteiger partial charge in [0.05, 0.1) is 23.5 Å². The molecule has 10 nitrogen and oxygen atoms in total. The number of likely N-dealkylation sites (tertiary alicyclic amines) is 1. The molecule has 4 N–H and O–H groups in total. The average molecular weight is 568 g/mol. The van der Waals surface area contributed by atoms with Crippen LogP contribution in [-0.2, 0) is 9.59 Å². The van der Waals surface area contributed by atoms with E-state index in [1.54, 1.807) is 32.2 Å². The molecule has 0 spiro atoms. The first-order valence-corrected chi connectivity index (χ1v) is 13.6. The van der Waals surface area contributed by atoms with Crippen molar-refractivity contribution in [2.75, 3.05) is 27.2 Å². The highest BCUT2D eigenvalue weighted by atomic mass is 35.5. The number of allylic oxidation sites excluding steroid dienone is 1. The van der Waals surface area contributed by atoms with Crippen LogP contribution in [0.5, 0.6) is 5.75 Å². The van der Waals surface area contributed by atoms with Crippen molar-refractivity contribution in [3.63, 3.8) is 0 Å². The third-order valence-corrected chi connectivity index (χ3v) is 6.91. The maximum Gasteiger partial charge on any atom is 0.365 e. The summed E-state index contributed by atoms with van der Waals surface area (Å²) in [5, 5.41) is 16.5. The minimum Gasteiger partial charge on any atom is -0.490 e. The van der Waals surface area contributed by atoms with E-state index in [4.69, 9.17) is 20.8 Å². The quantitative estimate of drug-likeness (QED) is 0.266. The molecule has 2 amide bonds. The molecule has 2 aromatic carbocycles. The minimum absolute atomic E-state index is 0.0451. The zero-order valence-electron chi connectivity index (χ0n) is 23.4. The Balaban J connectivity index is 1.50. The molecular formula is C29H36ClN6O4+. The van der Waals surface area contributed by atoms with Crippen LogP contribution in [0.3, 0.4) is 0 Å². The van der Waals surface area contributed by atoms with Gasteiger partial charge < -0.3 is 24.7 Å². The summed E-state index contributed by atoms with van der Waals surface area (Å²) in [7, 11) is 3.66. The molecule has 0 saturated carbocycles. The number of likely N-dealkylation sites (N-methyl/N-ethyl adjacent to an activating group) is 1. The van der Waals surface area contributed by atoms with Crippen molar-refractivity contribution in [2.24, 2.45) is 5.92 Å². The van der Waals surface area contributed by atoms with E-state index in [1.807, 2.05) is 51.2 Å². The normalized spacial score (nSPS) is 18.3. The Bertz CT molecular complexity index is 1370. The van der Waals surface area contributed by atoms with E-state index in [2.05, 4.69) is 25.7 Å². The van der Waals surface area contributed by atoms with Gasteiger partial charge >= 0.3 is 5.91 Å². The van der Waals surface area contributed by atoms with Crippen LogP contribution in [-0.4, -0.2) is 60.2 Å². The number of amides is 2. The molecule has 0 aliphatic carbocycles. The Morgan fingerprint density at radius 2 is 1.90 bits per heavy atom. The van der Waals surface area contributed by atoms with E-state index in [1.165, 1.54) is 5.32 Å². The van der Waals surface area contributed by atoms with Crippen LogP contribution in [0.4, 0.5) is 5.69 Å². The maximum atomic E-state index is 13.5. The van der Waals surface area contributed by atoms with Gasteiger partial charge in [-0.3, -0.25) is 4.79 Å². The molecule has 0 radical (unpaired) electrons. The lowest BCUT2D eigenvalue weighted by Crippen LogP contribution is -2.83. The van der Waals surface area contributed by atoms with Crippen LogP contribution in [0.15, 0.2) is 64.3 Å². The first-order chi connectivity index (χ1) is 19.1. The van der Waals surface area contributed by atoms with Crippen molar-refractivity contribution >= 4 is 29.1 Å². The predicted molar refractivity (Wildman–Crippen MR) is 152 cm³/mol. The van der Waals surface area contributed by atoms with Crippen molar-refractivity contribution in [1.82, 2.24) is 25.7 Å². The number of quaternary nitrogens is 1. The first kappa shape index (κ1) is 29.3. The van der Waals surface area contributed by atoms with Crippen LogP contribution in [0, 0.1) is 5.92 Å². The second kappa shape index (κ2) is 13.1. The third kappa shape index (κ3) is 7.26. The average Bonchev–Trinajstić information content (AvgIpc) is 3.42. The molecule has 4 rings (SSSR count). The molecule has 0 unspecified atom stereocenters. The molecule has 1 saturated heterocycles. The molecule has 0 bridgehead atoms. The van der Waals surface area contributed by atoms with E-state index in [-0.39, 0.29) is 29.5 Å². The highest BCUT2D eigenvalue weighted by Gasteiger charge is 2.35.